The van der Waals surface area contributed by atoms with Crippen LogP contribution in [0.3, 0.4) is 0 Å². The summed E-state index contributed by atoms with van der Waals surface area (Å²) in [6.45, 7) is 2.57. The normalized spacial score (nSPS) is 14.4. The summed E-state index contributed by atoms with van der Waals surface area (Å²) in [6, 6.07) is 23.7. The molecule has 32 heavy (non-hydrogen) atoms. The van der Waals surface area contributed by atoms with Gasteiger partial charge in [0.15, 0.2) is 0 Å². The highest BCUT2D eigenvalue weighted by molar-refractivity contribution is 9.10. The molecule has 4 rings (SSSR count). The predicted octanol–water partition coefficient (Wildman–Crippen LogP) is 5.60. The van der Waals surface area contributed by atoms with Gasteiger partial charge in [-0.2, -0.15) is 0 Å². The van der Waals surface area contributed by atoms with E-state index in [0.29, 0.717) is 11.4 Å². The third-order valence-corrected chi connectivity index (χ3v) is 6.67. The molecule has 0 saturated carbocycles. The lowest BCUT2D eigenvalue weighted by atomic mass is 10.1. The summed E-state index contributed by atoms with van der Waals surface area (Å²) in [5, 5.41) is 2.96. The first kappa shape index (κ1) is 22.4. The van der Waals surface area contributed by atoms with Crippen molar-refractivity contribution in [3.63, 3.8) is 0 Å². The van der Waals surface area contributed by atoms with Crippen molar-refractivity contribution in [2.75, 3.05) is 18.0 Å². The zero-order chi connectivity index (χ0) is 22.5. The van der Waals surface area contributed by atoms with Gasteiger partial charge in [0.05, 0.1) is 10.6 Å². The molecule has 0 aliphatic carbocycles. The molecule has 3 aromatic rings. The van der Waals surface area contributed by atoms with Gasteiger partial charge in [0.2, 0.25) is 5.91 Å². The monoisotopic (exact) mass is 506 g/mol. The Morgan fingerprint density at radius 1 is 1.06 bits per heavy atom. The van der Waals surface area contributed by atoms with Crippen molar-refractivity contribution < 1.29 is 9.59 Å². The lowest BCUT2D eigenvalue weighted by Crippen LogP contribution is -2.43. The number of amides is 2. The molecule has 1 aliphatic heterocycles. The van der Waals surface area contributed by atoms with E-state index in [0.717, 1.165) is 27.0 Å². The molecule has 162 valence electrons. The molecule has 4 nitrogen and oxygen atoms in total. The quantitative estimate of drug-likeness (QED) is 0.443. The zero-order valence-corrected chi connectivity index (χ0v) is 20.1. The highest BCUT2D eigenvalue weighted by Crippen LogP contribution is 2.41. The number of nitrogens with one attached hydrogen (secondary N) is 1. The molecular weight excluding hydrogens is 484 g/mol. The van der Waals surface area contributed by atoms with Gasteiger partial charge in [0.25, 0.3) is 5.91 Å². The van der Waals surface area contributed by atoms with Gasteiger partial charge in [0, 0.05) is 15.9 Å². The lowest BCUT2D eigenvalue weighted by molar-refractivity contribution is -0.122. The van der Waals surface area contributed by atoms with Crippen LogP contribution in [0.5, 0.6) is 0 Å². The fraction of sp³-hybridized carbons (Fsp3) is 0.154. The Labute approximate surface area is 200 Å². The molecule has 0 radical (unpaired) electrons. The smallest absolute Gasteiger partial charge is 0.265 e. The summed E-state index contributed by atoms with van der Waals surface area (Å²) in [6.07, 6.45) is 2.62. The average Bonchev–Trinajstić information content (AvgIpc) is 2.77. The van der Waals surface area contributed by atoms with E-state index in [1.54, 1.807) is 4.90 Å². The number of nitrogens with zero attached hydrogens (tertiary/aromatic N) is 1. The van der Waals surface area contributed by atoms with Crippen LogP contribution in [0.1, 0.15) is 16.7 Å². The first-order chi connectivity index (χ1) is 15.5. The van der Waals surface area contributed by atoms with E-state index in [9.17, 15) is 9.59 Å². The zero-order valence-electron chi connectivity index (χ0n) is 17.7. The number of aryl methyl sites for hydroxylation is 1. The van der Waals surface area contributed by atoms with Crippen LogP contribution in [0.4, 0.5) is 5.69 Å². The third-order valence-electron chi connectivity index (χ3n) is 5.10. The minimum atomic E-state index is -0.172. The van der Waals surface area contributed by atoms with Crippen molar-refractivity contribution in [1.29, 1.82) is 0 Å². The Morgan fingerprint density at radius 2 is 1.88 bits per heavy atom. The van der Waals surface area contributed by atoms with Gasteiger partial charge < -0.3 is 5.32 Å². The van der Waals surface area contributed by atoms with E-state index < -0.39 is 0 Å². The van der Waals surface area contributed by atoms with Gasteiger partial charge in [-0.3, -0.25) is 14.5 Å². The number of para-hydroxylation sites is 1. The first-order valence-corrected chi connectivity index (χ1v) is 12.0. The Morgan fingerprint density at radius 3 is 2.69 bits per heavy atom. The molecule has 2 amide bonds. The molecule has 6 heteroatoms. The van der Waals surface area contributed by atoms with Crippen LogP contribution in [0, 0.1) is 6.92 Å². The standard InChI is InChI=1S/C26H23BrN2O2S/c1-18-6-4-7-19(14-18)12-13-28-25(30)17-29-22-10-2-3-11-23(22)32-24(26(29)31)16-20-8-5-9-21(27)15-20/h2-11,14-16H,12-13,17H2,1H3,(H,28,30)/b24-16+. The highest BCUT2D eigenvalue weighted by atomic mass is 79.9. The van der Waals surface area contributed by atoms with Gasteiger partial charge in [-0.25, -0.2) is 0 Å². The maximum atomic E-state index is 13.3. The topological polar surface area (TPSA) is 49.4 Å². The highest BCUT2D eigenvalue weighted by Gasteiger charge is 2.30. The number of halogens is 1. The van der Waals surface area contributed by atoms with Gasteiger partial charge in [0.1, 0.15) is 6.54 Å². The van der Waals surface area contributed by atoms with Crippen LogP contribution in [0.2, 0.25) is 0 Å². The van der Waals surface area contributed by atoms with Gasteiger partial charge >= 0.3 is 0 Å². The SMILES string of the molecule is Cc1cccc(CCNC(=O)CN2C(=O)/C(=C\c3cccc(Br)c3)Sc3ccccc32)c1. The Hall–Kier alpha value is -2.83. The fourth-order valence-corrected chi connectivity index (χ4v) is 5.06. The number of anilines is 1. The van der Waals surface area contributed by atoms with Gasteiger partial charge in [-0.05, 0) is 54.8 Å². The van der Waals surface area contributed by atoms with Crippen LogP contribution in [-0.4, -0.2) is 24.9 Å². The van der Waals surface area contributed by atoms with E-state index in [2.05, 4.69) is 46.4 Å². The minimum absolute atomic E-state index is 0.0138. The van der Waals surface area contributed by atoms with Crippen LogP contribution in [-0.2, 0) is 16.0 Å². The van der Waals surface area contributed by atoms with Crippen molar-refractivity contribution in [3.8, 4) is 0 Å². The minimum Gasteiger partial charge on any atom is -0.354 e. The van der Waals surface area contributed by atoms with E-state index >= 15 is 0 Å². The van der Waals surface area contributed by atoms with E-state index in [4.69, 9.17) is 0 Å². The summed E-state index contributed by atoms with van der Waals surface area (Å²) in [7, 11) is 0. The van der Waals surface area contributed by atoms with Gasteiger partial charge in [-0.1, -0.05) is 81.8 Å². The summed E-state index contributed by atoms with van der Waals surface area (Å²) in [5.41, 5.74) is 4.08. The molecule has 0 spiro atoms. The van der Waals surface area contributed by atoms with Crippen LogP contribution < -0.4 is 10.2 Å². The summed E-state index contributed by atoms with van der Waals surface area (Å²) >= 11 is 4.91. The van der Waals surface area contributed by atoms with E-state index in [1.165, 1.54) is 22.9 Å². The largest absolute Gasteiger partial charge is 0.354 e. The molecule has 0 unspecified atom stereocenters. The van der Waals surface area contributed by atoms with Crippen molar-refractivity contribution in [2.24, 2.45) is 0 Å². The second-order valence-electron chi connectivity index (χ2n) is 7.61. The molecule has 1 N–H and O–H groups in total. The molecule has 0 fully saturated rings. The Balaban J connectivity index is 1.48. The summed E-state index contributed by atoms with van der Waals surface area (Å²) < 4.78 is 0.949. The Bertz CT molecular complexity index is 1190. The van der Waals surface area contributed by atoms with E-state index in [1.807, 2.05) is 60.7 Å². The molecule has 1 heterocycles. The Kier molecular flexibility index (Phi) is 7.12. The maximum Gasteiger partial charge on any atom is 0.265 e. The fourth-order valence-electron chi connectivity index (χ4n) is 3.58. The van der Waals surface area contributed by atoms with Crippen molar-refractivity contribution >= 4 is 51.3 Å². The molecule has 3 aromatic carbocycles. The number of carbonyl (C=O) groups excluding carboxylic acids is 2. The second-order valence-corrected chi connectivity index (χ2v) is 9.61. The van der Waals surface area contributed by atoms with Crippen LogP contribution in [0.15, 0.2) is 87.1 Å². The molecule has 0 saturated heterocycles. The third kappa shape index (κ3) is 5.50. The predicted molar refractivity (Wildman–Crippen MR) is 135 cm³/mol. The second kappa shape index (κ2) is 10.2. The summed E-state index contributed by atoms with van der Waals surface area (Å²) in [4.78, 5) is 29.1. The number of benzene rings is 3. The molecule has 0 atom stereocenters. The molecular formula is C26H23BrN2O2S. The number of thioether (sulfide) groups is 1. The molecule has 0 bridgehead atoms. The summed E-state index contributed by atoms with van der Waals surface area (Å²) in [5.74, 6) is -0.336. The average molecular weight is 507 g/mol. The molecule has 0 aromatic heterocycles. The van der Waals surface area contributed by atoms with Crippen LogP contribution >= 0.6 is 27.7 Å². The first-order valence-electron chi connectivity index (χ1n) is 10.4. The van der Waals surface area contributed by atoms with E-state index in [-0.39, 0.29) is 18.4 Å². The number of hydrogen-bond acceptors (Lipinski definition) is 3. The van der Waals surface area contributed by atoms with Crippen LogP contribution in [0.25, 0.3) is 6.08 Å². The molecule has 1 aliphatic rings. The van der Waals surface area contributed by atoms with Crippen molar-refractivity contribution in [2.45, 2.75) is 18.2 Å². The number of rotatable bonds is 6. The number of carbonyl (C=O) groups is 2. The van der Waals surface area contributed by atoms with Crippen molar-refractivity contribution in [1.82, 2.24) is 5.32 Å². The lowest BCUT2D eigenvalue weighted by Gasteiger charge is -2.29. The number of hydrogen-bond donors (Lipinski definition) is 1. The number of fused-ring (bicyclic) bond motifs is 1. The van der Waals surface area contributed by atoms with Crippen molar-refractivity contribution in [3.05, 3.63) is 98.9 Å². The van der Waals surface area contributed by atoms with Gasteiger partial charge in [-0.15, -0.1) is 0 Å². The maximum absolute atomic E-state index is 13.3.